The Bertz CT molecular complexity index is 763. The van der Waals surface area contributed by atoms with E-state index < -0.39 is 0 Å². The standard InChI is InChI=1S/C16H20FN5O2S/c1-10(2)8-22-15(12-6-4-5-7-13(12)17)20-21-16(22)25-9-14(24)19-18-11(3)23/h4-7,10H,8-9H2,1-3H3,(H,18,23)(H,19,24). The Morgan fingerprint density at radius 1 is 1.24 bits per heavy atom. The molecule has 0 aliphatic heterocycles. The van der Waals surface area contributed by atoms with Crippen LogP contribution in [0.15, 0.2) is 29.4 Å². The monoisotopic (exact) mass is 365 g/mol. The van der Waals surface area contributed by atoms with Gasteiger partial charge >= 0.3 is 0 Å². The van der Waals surface area contributed by atoms with E-state index in [4.69, 9.17) is 0 Å². The molecule has 0 bridgehead atoms. The van der Waals surface area contributed by atoms with Crippen molar-refractivity contribution < 1.29 is 14.0 Å². The number of halogens is 1. The number of hydrogen-bond donors (Lipinski definition) is 2. The Hall–Kier alpha value is -2.42. The van der Waals surface area contributed by atoms with Crippen molar-refractivity contribution in [3.05, 3.63) is 30.1 Å². The van der Waals surface area contributed by atoms with E-state index in [-0.39, 0.29) is 29.3 Å². The zero-order valence-corrected chi connectivity index (χ0v) is 15.1. The molecule has 1 aromatic carbocycles. The average molecular weight is 365 g/mol. The van der Waals surface area contributed by atoms with Crippen molar-refractivity contribution in [1.82, 2.24) is 25.6 Å². The SMILES string of the molecule is CC(=O)NNC(=O)CSc1nnc(-c2ccccc2F)n1CC(C)C. The molecule has 1 aromatic heterocycles. The maximum Gasteiger partial charge on any atom is 0.248 e. The summed E-state index contributed by atoms with van der Waals surface area (Å²) in [6, 6.07) is 6.37. The molecule has 1 heterocycles. The molecule has 2 N–H and O–H groups in total. The summed E-state index contributed by atoms with van der Waals surface area (Å²) in [5.74, 6) is -0.339. The fourth-order valence-electron chi connectivity index (χ4n) is 2.09. The molecule has 2 amide bonds. The second-order valence-corrected chi connectivity index (χ2v) is 6.75. The van der Waals surface area contributed by atoms with Gasteiger partial charge in [-0.2, -0.15) is 0 Å². The highest BCUT2D eigenvalue weighted by Crippen LogP contribution is 2.26. The molecular formula is C16H20FN5O2S. The number of thioether (sulfide) groups is 1. The number of carbonyl (C=O) groups is 2. The molecule has 2 rings (SSSR count). The highest BCUT2D eigenvalue weighted by atomic mass is 32.2. The van der Waals surface area contributed by atoms with E-state index in [0.29, 0.717) is 23.1 Å². The van der Waals surface area contributed by atoms with Crippen LogP contribution in [-0.4, -0.2) is 32.3 Å². The van der Waals surface area contributed by atoms with Crippen LogP contribution in [0.1, 0.15) is 20.8 Å². The van der Waals surface area contributed by atoms with Crippen molar-refractivity contribution in [2.24, 2.45) is 5.92 Å². The summed E-state index contributed by atoms with van der Waals surface area (Å²) >= 11 is 1.17. The fraction of sp³-hybridized carbons (Fsp3) is 0.375. The van der Waals surface area contributed by atoms with Gasteiger partial charge in [0.15, 0.2) is 11.0 Å². The summed E-state index contributed by atoms with van der Waals surface area (Å²) in [6.45, 7) is 5.95. The molecule has 9 heteroatoms. The molecule has 0 unspecified atom stereocenters. The summed E-state index contributed by atoms with van der Waals surface area (Å²) in [7, 11) is 0. The first-order chi connectivity index (χ1) is 11.9. The molecule has 0 aliphatic rings. The van der Waals surface area contributed by atoms with Gasteiger partial charge in [-0.25, -0.2) is 4.39 Å². The summed E-state index contributed by atoms with van der Waals surface area (Å²) in [4.78, 5) is 22.5. The molecule has 0 atom stereocenters. The third kappa shape index (κ3) is 5.28. The lowest BCUT2D eigenvalue weighted by atomic mass is 10.2. The molecule has 0 fully saturated rings. The summed E-state index contributed by atoms with van der Waals surface area (Å²) in [5.41, 5.74) is 4.87. The highest BCUT2D eigenvalue weighted by Gasteiger charge is 2.18. The zero-order chi connectivity index (χ0) is 18.4. The molecule has 0 radical (unpaired) electrons. The Labute approximate surface area is 149 Å². The number of nitrogens with zero attached hydrogens (tertiary/aromatic N) is 3. The van der Waals surface area contributed by atoms with Crippen molar-refractivity contribution >= 4 is 23.6 Å². The second-order valence-electron chi connectivity index (χ2n) is 5.81. The van der Waals surface area contributed by atoms with Crippen molar-refractivity contribution in [2.75, 3.05) is 5.75 Å². The van der Waals surface area contributed by atoms with E-state index in [0.717, 1.165) is 0 Å². The van der Waals surface area contributed by atoms with Crippen molar-refractivity contribution in [3.8, 4) is 11.4 Å². The zero-order valence-electron chi connectivity index (χ0n) is 14.2. The minimum absolute atomic E-state index is 0.0494. The molecule has 0 saturated carbocycles. The Morgan fingerprint density at radius 3 is 2.60 bits per heavy atom. The van der Waals surface area contributed by atoms with Gasteiger partial charge in [0.05, 0.1) is 11.3 Å². The van der Waals surface area contributed by atoms with Crippen LogP contribution in [0.25, 0.3) is 11.4 Å². The Balaban J connectivity index is 2.20. The summed E-state index contributed by atoms with van der Waals surface area (Å²) < 4.78 is 15.9. The maximum absolute atomic E-state index is 14.1. The summed E-state index contributed by atoms with van der Waals surface area (Å²) in [5, 5.41) is 8.72. The lowest BCUT2D eigenvalue weighted by Gasteiger charge is -2.13. The number of benzene rings is 1. The minimum Gasteiger partial charge on any atom is -0.302 e. The van der Waals surface area contributed by atoms with Crippen LogP contribution >= 0.6 is 11.8 Å². The molecule has 0 spiro atoms. The third-order valence-electron chi connectivity index (χ3n) is 3.09. The Morgan fingerprint density at radius 2 is 1.96 bits per heavy atom. The van der Waals surface area contributed by atoms with Crippen molar-refractivity contribution in [3.63, 3.8) is 0 Å². The number of amides is 2. The number of aromatic nitrogens is 3. The van der Waals surface area contributed by atoms with Crippen LogP contribution in [0.2, 0.25) is 0 Å². The molecular weight excluding hydrogens is 345 g/mol. The predicted molar refractivity (Wildman–Crippen MR) is 92.9 cm³/mol. The smallest absolute Gasteiger partial charge is 0.248 e. The van der Waals surface area contributed by atoms with Gasteiger partial charge in [-0.05, 0) is 18.1 Å². The van der Waals surface area contributed by atoms with Crippen LogP contribution in [0.3, 0.4) is 0 Å². The van der Waals surface area contributed by atoms with E-state index in [2.05, 4.69) is 21.0 Å². The lowest BCUT2D eigenvalue weighted by Crippen LogP contribution is -2.41. The van der Waals surface area contributed by atoms with Gasteiger partial charge in [-0.3, -0.25) is 20.4 Å². The van der Waals surface area contributed by atoms with E-state index in [1.807, 2.05) is 13.8 Å². The van der Waals surface area contributed by atoms with Crippen LogP contribution in [0.4, 0.5) is 4.39 Å². The third-order valence-corrected chi connectivity index (χ3v) is 4.06. The highest BCUT2D eigenvalue weighted by molar-refractivity contribution is 7.99. The number of carbonyl (C=O) groups excluding carboxylic acids is 2. The first-order valence-electron chi connectivity index (χ1n) is 7.74. The molecule has 7 nitrogen and oxygen atoms in total. The van der Waals surface area contributed by atoms with Gasteiger partial charge in [0.25, 0.3) is 0 Å². The van der Waals surface area contributed by atoms with Gasteiger partial charge in [-0.15, -0.1) is 10.2 Å². The Kier molecular flexibility index (Phi) is 6.51. The molecule has 134 valence electrons. The fourth-order valence-corrected chi connectivity index (χ4v) is 2.84. The summed E-state index contributed by atoms with van der Waals surface area (Å²) in [6.07, 6.45) is 0. The molecule has 25 heavy (non-hydrogen) atoms. The van der Waals surface area contributed by atoms with E-state index in [1.165, 1.54) is 24.8 Å². The normalized spacial score (nSPS) is 10.8. The number of hydrogen-bond acceptors (Lipinski definition) is 5. The largest absolute Gasteiger partial charge is 0.302 e. The van der Waals surface area contributed by atoms with Crippen LogP contribution in [0, 0.1) is 11.7 Å². The number of hydrazine groups is 1. The number of nitrogens with one attached hydrogen (secondary N) is 2. The topological polar surface area (TPSA) is 88.9 Å². The van der Waals surface area contributed by atoms with Crippen molar-refractivity contribution in [1.29, 1.82) is 0 Å². The van der Waals surface area contributed by atoms with E-state index >= 15 is 0 Å². The molecule has 2 aromatic rings. The van der Waals surface area contributed by atoms with Gasteiger partial charge in [0, 0.05) is 13.5 Å². The second kappa shape index (κ2) is 8.61. The van der Waals surface area contributed by atoms with E-state index in [1.54, 1.807) is 22.8 Å². The van der Waals surface area contributed by atoms with Gasteiger partial charge in [0.1, 0.15) is 5.82 Å². The van der Waals surface area contributed by atoms with Crippen LogP contribution in [-0.2, 0) is 16.1 Å². The van der Waals surface area contributed by atoms with Gasteiger partial charge in [-0.1, -0.05) is 37.7 Å². The molecule has 0 aliphatic carbocycles. The number of rotatable bonds is 6. The van der Waals surface area contributed by atoms with E-state index in [9.17, 15) is 14.0 Å². The van der Waals surface area contributed by atoms with Crippen LogP contribution < -0.4 is 10.9 Å². The van der Waals surface area contributed by atoms with Gasteiger partial charge in [0.2, 0.25) is 11.8 Å². The average Bonchev–Trinajstić information content (AvgIpc) is 2.93. The quantitative estimate of drug-likeness (QED) is 0.604. The first-order valence-corrected chi connectivity index (χ1v) is 8.73. The predicted octanol–water partition coefficient (Wildman–Crippen LogP) is 2.00. The minimum atomic E-state index is -0.375. The lowest BCUT2D eigenvalue weighted by molar-refractivity contribution is -0.126. The first kappa shape index (κ1) is 18.9. The van der Waals surface area contributed by atoms with Crippen LogP contribution in [0.5, 0.6) is 0 Å². The van der Waals surface area contributed by atoms with Crippen molar-refractivity contribution in [2.45, 2.75) is 32.5 Å². The van der Waals surface area contributed by atoms with Gasteiger partial charge < -0.3 is 4.57 Å². The molecule has 0 saturated heterocycles. The maximum atomic E-state index is 14.1.